The molecule has 3 unspecified atom stereocenters. The van der Waals surface area contributed by atoms with E-state index in [-0.39, 0.29) is 0 Å². The van der Waals surface area contributed by atoms with Gasteiger partial charge in [0.05, 0.1) is 6.20 Å². The molecule has 0 bridgehead atoms. The minimum absolute atomic E-state index is 0.426. The van der Waals surface area contributed by atoms with Crippen LogP contribution in [0.15, 0.2) is 6.20 Å². The van der Waals surface area contributed by atoms with Gasteiger partial charge in [-0.25, -0.2) is 0 Å². The molecule has 0 radical (unpaired) electrons. The van der Waals surface area contributed by atoms with Crippen molar-refractivity contribution in [2.24, 2.45) is 5.92 Å². The molecule has 1 aromatic heterocycles. The molecule has 0 amide bonds. The van der Waals surface area contributed by atoms with E-state index in [4.69, 9.17) is 0 Å². The van der Waals surface area contributed by atoms with Crippen molar-refractivity contribution in [2.45, 2.75) is 52.1 Å². The average Bonchev–Trinajstić information content (AvgIpc) is 2.76. The SMILES string of the molecule is CCCC1CC1NC(C)c1cn[nH]c1C. The van der Waals surface area contributed by atoms with Gasteiger partial charge in [-0.3, -0.25) is 5.10 Å². The summed E-state index contributed by atoms with van der Waals surface area (Å²) < 4.78 is 0. The predicted octanol–water partition coefficient (Wildman–Crippen LogP) is 2.56. The number of nitrogens with one attached hydrogen (secondary N) is 2. The smallest absolute Gasteiger partial charge is 0.0537 e. The second-order valence-electron chi connectivity index (χ2n) is 4.73. The van der Waals surface area contributed by atoms with Crippen LogP contribution >= 0.6 is 0 Å². The van der Waals surface area contributed by atoms with Gasteiger partial charge in [0.15, 0.2) is 0 Å². The molecule has 1 aromatic rings. The van der Waals surface area contributed by atoms with Gasteiger partial charge >= 0.3 is 0 Å². The fourth-order valence-electron chi connectivity index (χ4n) is 2.35. The molecule has 3 nitrogen and oxygen atoms in total. The van der Waals surface area contributed by atoms with Crippen LogP contribution in [-0.4, -0.2) is 16.2 Å². The van der Waals surface area contributed by atoms with Crippen LogP contribution in [-0.2, 0) is 0 Å². The van der Waals surface area contributed by atoms with Gasteiger partial charge < -0.3 is 5.32 Å². The summed E-state index contributed by atoms with van der Waals surface area (Å²) in [5.41, 5.74) is 2.49. The fraction of sp³-hybridized carbons (Fsp3) is 0.750. The molecular formula is C12H21N3. The van der Waals surface area contributed by atoms with Crippen molar-refractivity contribution in [2.75, 3.05) is 0 Å². The van der Waals surface area contributed by atoms with Crippen LogP contribution in [0.5, 0.6) is 0 Å². The Morgan fingerprint density at radius 3 is 3.07 bits per heavy atom. The lowest BCUT2D eigenvalue weighted by molar-refractivity contribution is 0.528. The lowest BCUT2D eigenvalue weighted by atomic mass is 10.1. The third-order valence-electron chi connectivity index (χ3n) is 3.38. The summed E-state index contributed by atoms with van der Waals surface area (Å²) in [5.74, 6) is 0.921. The third kappa shape index (κ3) is 2.40. The molecule has 3 heteroatoms. The summed E-state index contributed by atoms with van der Waals surface area (Å²) in [6, 6.07) is 1.17. The number of rotatable bonds is 5. The van der Waals surface area contributed by atoms with Crippen LogP contribution in [0.25, 0.3) is 0 Å². The van der Waals surface area contributed by atoms with Crippen molar-refractivity contribution >= 4 is 0 Å². The molecule has 0 aliphatic heterocycles. The molecule has 0 saturated heterocycles. The van der Waals surface area contributed by atoms with E-state index in [0.717, 1.165) is 12.0 Å². The molecule has 15 heavy (non-hydrogen) atoms. The highest BCUT2D eigenvalue weighted by Gasteiger charge is 2.36. The molecule has 1 saturated carbocycles. The highest BCUT2D eigenvalue weighted by atomic mass is 15.1. The fourth-order valence-corrected chi connectivity index (χ4v) is 2.35. The normalized spacial score (nSPS) is 26.6. The Kier molecular flexibility index (Phi) is 3.10. The number of hydrogen-bond acceptors (Lipinski definition) is 2. The first-order chi connectivity index (χ1) is 7.22. The Balaban J connectivity index is 1.84. The van der Waals surface area contributed by atoms with E-state index in [2.05, 4.69) is 36.3 Å². The molecule has 84 valence electrons. The first-order valence-electron chi connectivity index (χ1n) is 5.98. The Hall–Kier alpha value is -0.830. The first kappa shape index (κ1) is 10.7. The van der Waals surface area contributed by atoms with E-state index >= 15 is 0 Å². The van der Waals surface area contributed by atoms with Crippen LogP contribution < -0.4 is 5.32 Å². The number of hydrogen-bond donors (Lipinski definition) is 2. The molecule has 1 fully saturated rings. The molecule has 3 atom stereocenters. The number of nitrogens with zero attached hydrogens (tertiary/aromatic N) is 1. The summed E-state index contributed by atoms with van der Waals surface area (Å²) in [6.07, 6.45) is 5.97. The molecule has 1 aliphatic carbocycles. The highest BCUT2D eigenvalue weighted by Crippen LogP contribution is 2.36. The Bertz CT molecular complexity index is 318. The third-order valence-corrected chi connectivity index (χ3v) is 3.38. The highest BCUT2D eigenvalue weighted by molar-refractivity contribution is 5.19. The Morgan fingerprint density at radius 2 is 2.47 bits per heavy atom. The van der Waals surface area contributed by atoms with Crippen LogP contribution in [0, 0.1) is 12.8 Å². The van der Waals surface area contributed by atoms with Gasteiger partial charge in [0.25, 0.3) is 0 Å². The molecule has 1 heterocycles. The van der Waals surface area contributed by atoms with Crippen molar-refractivity contribution in [1.29, 1.82) is 0 Å². The van der Waals surface area contributed by atoms with Crippen molar-refractivity contribution in [3.8, 4) is 0 Å². The average molecular weight is 207 g/mol. The van der Waals surface area contributed by atoms with E-state index in [1.165, 1.54) is 30.5 Å². The zero-order chi connectivity index (χ0) is 10.8. The van der Waals surface area contributed by atoms with Crippen molar-refractivity contribution in [1.82, 2.24) is 15.5 Å². The minimum atomic E-state index is 0.426. The summed E-state index contributed by atoms with van der Waals surface area (Å²) in [6.45, 7) is 6.56. The number of aromatic amines is 1. The van der Waals surface area contributed by atoms with E-state index in [1.54, 1.807) is 0 Å². The van der Waals surface area contributed by atoms with Crippen LogP contribution in [0.4, 0.5) is 0 Å². The maximum atomic E-state index is 4.06. The Labute approximate surface area is 91.7 Å². The first-order valence-corrected chi connectivity index (χ1v) is 5.98. The maximum absolute atomic E-state index is 4.06. The second-order valence-corrected chi connectivity index (χ2v) is 4.73. The lowest BCUT2D eigenvalue weighted by Gasteiger charge is -2.12. The minimum Gasteiger partial charge on any atom is -0.307 e. The molecule has 0 spiro atoms. The van der Waals surface area contributed by atoms with Crippen LogP contribution in [0.3, 0.4) is 0 Å². The van der Waals surface area contributed by atoms with Gasteiger partial charge in [0.1, 0.15) is 0 Å². The van der Waals surface area contributed by atoms with Gasteiger partial charge in [-0.05, 0) is 32.6 Å². The number of H-pyrrole nitrogens is 1. The summed E-state index contributed by atoms with van der Waals surface area (Å²) in [4.78, 5) is 0. The molecule has 2 rings (SSSR count). The quantitative estimate of drug-likeness (QED) is 0.779. The predicted molar refractivity (Wildman–Crippen MR) is 61.7 cm³/mol. The van der Waals surface area contributed by atoms with E-state index in [9.17, 15) is 0 Å². The van der Waals surface area contributed by atoms with E-state index in [1.807, 2.05) is 6.20 Å². The van der Waals surface area contributed by atoms with Crippen molar-refractivity contribution in [3.63, 3.8) is 0 Å². The number of aryl methyl sites for hydroxylation is 1. The zero-order valence-corrected chi connectivity index (χ0v) is 9.88. The zero-order valence-electron chi connectivity index (χ0n) is 9.88. The summed E-state index contributed by atoms with van der Waals surface area (Å²) in [5, 5.41) is 10.7. The van der Waals surface area contributed by atoms with Crippen LogP contribution in [0.2, 0.25) is 0 Å². The molecule has 0 aromatic carbocycles. The van der Waals surface area contributed by atoms with Gasteiger partial charge in [-0.1, -0.05) is 13.3 Å². The second kappa shape index (κ2) is 4.35. The maximum Gasteiger partial charge on any atom is 0.0537 e. The van der Waals surface area contributed by atoms with Gasteiger partial charge in [0, 0.05) is 23.3 Å². The van der Waals surface area contributed by atoms with E-state index < -0.39 is 0 Å². The molecule has 2 N–H and O–H groups in total. The van der Waals surface area contributed by atoms with E-state index in [0.29, 0.717) is 6.04 Å². The van der Waals surface area contributed by atoms with Crippen molar-refractivity contribution < 1.29 is 0 Å². The number of aromatic nitrogens is 2. The van der Waals surface area contributed by atoms with Gasteiger partial charge in [-0.2, -0.15) is 5.10 Å². The lowest BCUT2D eigenvalue weighted by Crippen LogP contribution is -2.22. The molecule has 1 aliphatic rings. The summed E-state index contributed by atoms with van der Waals surface area (Å²) >= 11 is 0. The molecular weight excluding hydrogens is 186 g/mol. The topological polar surface area (TPSA) is 40.7 Å². The summed E-state index contributed by atoms with van der Waals surface area (Å²) in [7, 11) is 0. The van der Waals surface area contributed by atoms with Crippen molar-refractivity contribution in [3.05, 3.63) is 17.5 Å². The monoisotopic (exact) mass is 207 g/mol. The standard InChI is InChI=1S/C12H21N3/c1-4-5-10-6-12(10)14-8(2)11-7-13-15-9(11)3/h7-8,10,12,14H,4-6H2,1-3H3,(H,13,15). The van der Waals surface area contributed by atoms with Gasteiger partial charge in [-0.15, -0.1) is 0 Å². The van der Waals surface area contributed by atoms with Crippen LogP contribution in [0.1, 0.15) is 50.4 Å². The Morgan fingerprint density at radius 1 is 1.67 bits per heavy atom. The van der Waals surface area contributed by atoms with Gasteiger partial charge in [0.2, 0.25) is 0 Å². The largest absolute Gasteiger partial charge is 0.307 e.